The quantitative estimate of drug-likeness (QED) is 0.780. The summed E-state index contributed by atoms with van der Waals surface area (Å²) in [5, 5.41) is 12.2. The van der Waals surface area contributed by atoms with E-state index in [0.717, 1.165) is 13.0 Å². The first-order chi connectivity index (χ1) is 8.60. The van der Waals surface area contributed by atoms with Crippen molar-refractivity contribution in [1.29, 1.82) is 0 Å². The summed E-state index contributed by atoms with van der Waals surface area (Å²) in [5.41, 5.74) is 2.53. The highest BCUT2D eigenvalue weighted by Gasteiger charge is 2.10. The van der Waals surface area contributed by atoms with Gasteiger partial charge in [0.05, 0.1) is 0 Å². The van der Waals surface area contributed by atoms with Gasteiger partial charge < -0.3 is 15.3 Å². The molecule has 2 N–H and O–H groups in total. The zero-order valence-electron chi connectivity index (χ0n) is 12.0. The molecule has 18 heavy (non-hydrogen) atoms. The molecular formula is C15H26N2O. The van der Waals surface area contributed by atoms with Crippen LogP contribution in [0.1, 0.15) is 38.8 Å². The van der Waals surface area contributed by atoms with E-state index in [-0.39, 0.29) is 6.61 Å². The molecule has 3 heteroatoms. The van der Waals surface area contributed by atoms with Crippen LogP contribution in [0.3, 0.4) is 0 Å². The molecule has 0 radical (unpaired) electrons. The molecule has 0 bridgehead atoms. The molecule has 0 aromatic heterocycles. The maximum atomic E-state index is 8.96. The standard InChI is InChI=1S/C15H26N2O/c1-12(2)17(10-5-11-18)15-8-6-14(7-9-15)13(3)16-4/h6-9,12-13,16,18H,5,10-11H2,1-4H3. The summed E-state index contributed by atoms with van der Waals surface area (Å²) < 4.78 is 0. The maximum Gasteiger partial charge on any atom is 0.0447 e. The Morgan fingerprint density at radius 1 is 1.17 bits per heavy atom. The van der Waals surface area contributed by atoms with Crippen molar-refractivity contribution < 1.29 is 5.11 Å². The molecule has 102 valence electrons. The largest absolute Gasteiger partial charge is 0.396 e. The van der Waals surface area contributed by atoms with Crippen molar-refractivity contribution in [3.63, 3.8) is 0 Å². The molecule has 1 aromatic rings. The van der Waals surface area contributed by atoms with Crippen LogP contribution in [-0.4, -0.2) is 31.3 Å². The van der Waals surface area contributed by atoms with Gasteiger partial charge in [-0.15, -0.1) is 0 Å². The van der Waals surface area contributed by atoms with Crippen molar-refractivity contribution in [3.05, 3.63) is 29.8 Å². The smallest absolute Gasteiger partial charge is 0.0447 e. The summed E-state index contributed by atoms with van der Waals surface area (Å²) in [5.74, 6) is 0. The van der Waals surface area contributed by atoms with Crippen molar-refractivity contribution in [2.24, 2.45) is 0 Å². The maximum absolute atomic E-state index is 8.96. The van der Waals surface area contributed by atoms with Crippen LogP contribution in [0.15, 0.2) is 24.3 Å². The van der Waals surface area contributed by atoms with Gasteiger partial charge in [-0.1, -0.05) is 12.1 Å². The highest BCUT2D eigenvalue weighted by molar-refractivity contribution is 5.48. The van der Waals surface area contributed by atoms with Crippen LogP contribution < -0.4 is 10.2 Å². The zero-order chi connectivity index (χ0) is 13.5. The van der Waals surface area contributed by atoms with E-state index in [0.29, 0.717) is 12.1 Å². The van der Waals surface area contributed by atoms with Crippen LogP contribution in [0.4, 0.5) is 5.69 Å². The van der Waals surface area contributed by atoms with E-state index in [1.807, 2.05) is 7.05 Å². The van der Waals surface area contributed by atoms with Crippen molar-refractivity contribution >= 4 is 5.69 Å². The highest BCUT2D eigenvalue weighted by Crippen LogP contribution is 2.21. The second-order valence-corrected chi connectivity index (χ2v) is 4.97. The normalized spacial score (nSPS) is 12.8. The molecule has 1 aromatic carbocycles. The molecule has 1 atom stereocenters. The molecule has 0 aliphatic rings. The fourth-order valence-corrected chi connectivity index (χ4v) is 2.05. The molecule has 1 unspecified atom stereocenters. The molecule has 1 rings (SSSR count). The van der Waals surface area contributed by atoms with Crippen molar-refractivity contribution in [2.75, 3.05) is 25.1 Å². The molecule has 0 amide bonds. The Morgan fingerprint density at radius 2 is 1.78 bits per heavy atom. The van der Waals surface area contributed by atoms with Gasteiger partial charge in [0, 0.05) is 30.9 Å². The average Bonchev–Trinajstić information content (AvgIpc) is 2.38. The fraction of sp³-hybridized carbons (Fsp3) is 0.600. The van der Waals surface area contributed by atoms with Gasteiger partial charge in [0.1, 0.15) is 0 Å². The Morgan fingerprint density at radius 3 is 2.22 bits per heavy atom. The lowest BCUT2D eigenvalue weighted by atomic mass is 10.1. The van der Waals surface area contributed by atoms with E-state index in [1.54, 1.807) is 0 Å². The third kappa shape index (κ3) is 4.00. The molecule has 0 aliphatic carbocycles. The van der Waals surface area contributed by atoms with E-state index in [2.05, 4.69) is 55.3 Å². The van der Waals surface area contributed by atoms with Gasteiger partial charge in [0.2, 0.25) is 0 Å². The summed E-state index contributed by atoms with van der Waals surface area (Å²) in [7, 11) is 1.97. The Bertz CT molecular complexity index is 335. The summed E-state index contributed by atoms with van der Waals surface area (Å²) in [4.78, 5) is 2.32. The van der Waals surface area contributed by atoms with Gasteiger partial charge in [-0.25, -0.2) is 0 Å². The Balaban J connectivity index is 2.80. The predicted molar refractivity (Wildman–Crippen MR) is 78.1 cm³/mol. The van der Waals surface area contributed by atoms with E-state index in [9.17, 15) is 0 Å². The molecular weight excluding hydrogens is 224 g/mol. The number of nitrogens with one attached hydrogen (secondary N) is 1. The minimum absolute atomic E-state index is 0.248. The SMILES string of the molecule is CNC(C)c1ccc(N(CCCO)C(C)C)cc1. The van der Waals surface area contributed by atoms with Gasteiger partial charge in [-0.2, -0.15) is 0 Å². The number of nitrogens with zero attached hydrogens (tertiary/aromatic N) is 1. The summed E-state index contributed by atoms with van der Waals surface area (Å²) in [6, 6.07) is 9.50. The number of benzene rings is 1. The Labute approximate surface area is 111 Å². The number of aliphatic hydroxyl groups is 1. The lowest BCUT2D eigenvalue weighted by Gasteiger charge is -2.29. The number of aliphatic hydroxyl groups excluding tert-OH is 1. The van der Waals surface area contributed by atoms with E-state index in [1.165, 1.54) is 11.3 Å². The van der Waals surface area contributed by atoms with Crippen LogP contribution in [0, 0.1) is 0 Å². The average molecular weight is 250 g/mol. The highest BCUT2D eigenvalue weighted by atomic mass is 16.3. The first-order valence-electron chi connectivity index (χ1n) is 6.75. The number of hydrogen-bond donors (Lipinski definition) is 2. The molecule has 0 fully saturated rings. The zero-order valence-corrected chi connectivity index (χ0v) is 12.0. The second-order valence-electron chi connectivity index (χ2n) is 4.97. The van der Waals surface area contributed by atoms with Gasteiger partial charge >= 0.3 is 0 Å². The lowest BCUT2D eigenvalue weighted by Crippen LogP contribution is -2.32. The number of anilines is 1. The molecule has 0 saturated heterocycles. The van der Waals surface area contributed by atoms with E-state index < -0.39 is 0 Å². The van der Waals surface area contributed by atoms with Crippen molar-refractivity contribution in [2.45, 2.75) is 39.3 Å². The fourth-order valence-electron chi connectivity index (χ4n) is 2.05. The van der Waals surface area contributed by atoms with Crippen molar-refractivity contribution in [3.8, 4) is 0 Å². The minimum Gasteiger partial charge on any atom is -0.396 e. The predicted octanol–water partition coefficient (Wildman–Crippen LogP) is 2.56. The Hall–Kier alpha value is -1.06. The molecule has 0 aliphatic heterocycles. The lowest BCUT2D eigenvalue weighted by molar-refractivity contribution is 0.288. The van der Waals surface area contributed by atoms with E-state index >= 15 is 0 Å². The van der Waals surface area contributed by atoms with E-state index in [4.69, 9.17) is 5.11 Å². The first-order valence-corrected chi connectivity index (χ1v) is 6.75. The topological polar surface area (TPSA) is 35.5 Å². The summed E-state index contributed by atoms with van der Waals surface area (Å²) >= 11 is 0. The molecule has 0 saturated carbocycles. The van der Waals surface area contributed by atoms with Gasteiger partial charge in [0.15, 0.2) is 0 Å². The van der Waals surface area contributed by atoms with Gasteiger partial charge in [-0.3, -0.25) is 0 Å². The van der Waals surface area contributed by atoms with Crippen LogP contribution in [0.5, 0.6) is 0 Å². The molecule has 0 spiro atoms. The van der Waals surface area contributed by atoms with Crippen LogP contribution in [0.2, 0.25) is 0 Å². The first kappa shape index (κ1) is 15.0. The van der Waals surface area contributed by atoms with Gasteiger partial charge in [-0.05, 0) is 51.9 Å². The number of rotatable bonds is 7. The minimum atomic E-state index is 0.248. The van der Waals surface area contributed by atoms with Crippen molar-refractivity contribution in [1.82, 2.24) is 5.32 Å². The Kier molecular flexibility index (Phi) is 6.16. The number of hydrogen-bond acceptors (Lipinski definition) is 3. The van der Waals surface area contributed by atoms with Crippen LogP contribution in [0.25, 0.3) is 0 Å². The van der Waals surface area contributed by atoms with Crippen LogP contribution in [-0.2, 0) is 0 Å². The third-order valence-corrected chi connectivity index (χ3v) is 3.34. The van der Waals surface area contributed by atoms with Crippen LogP contribution >= 0.6 is 0 Å². The summed E-state index contributed by atoms with van der Waals surface area (Å²) in [6.45, 7) is 7.66. The third-order valence-electron chi connectivity index (χ3n) is 3.34. The second kappa shape index (κ2) is 7.39. The van der Waals surface area contributed by atoms with Gasteiger partial charge in [0.25, 0.3) is 0 Å². The molecule has 0 heterocycles. The monoisotopic (exact) mass is 250 g/mol. The molecule has 3 nitrogen and oxygen atoms in total. The summed E-state index contributed by atoms with van der Waals surface area (Å²) in [6.07, 6.45) is 0.812.